The molecule has 3 heterocycles. The number of hydrogen-bond donors (Lipinski definition) is 3. The molecule has 1 fully saturated rings. The number of aliphatic hydroxyl groups excluding tert-OH is 1. The minimum atomic E-state index is -0.318. The van der Waals surface area contributed by atoms with Crippen molar-refractivity contribution in [1.82, 2.24) is 19.9 Å². The number of aryl methyl sites for hydroxylation is 2. The number of hydrogen-bond acceptors (Lipinski definition) is 10. The van der Waals surface area contributed by atoms with Gasteiger partial charge >= 0.3 is 0 Å². The second-order valence-electron chi connectivity index (χ2n) is 9.68. The zero-order chi connectivity index (χ0) is 25.6. The van der Waals surface area contributed by atoms with Gasteiger partial charge in [0.2, 0.25) is 5.95 Å². The van der Waals surface area contributed by atoms with Crippen LogP contribution in [0.15, 0.2) is 12.3 Å². The molecule has 3 aromatic rings. The SMILES string of the molecule is CC(C)(C)OC=O.CCNc1nc(C)c(-c2nc3c(C)nccc3s2)c(NC2CCC(CO)C2)n1. The summed E-state index contributed by atoms with van der Waals surface area (Å²) in [6.45, 7) is 13.0. The van der Waals surface area contributed by atoms with Crippen LogP contribution in [0.3, 0.4) is 0 Å². The molecule has 10 heteroatoms. The molecular weight excluding hydrogens is 464 g/mol. The molecule has 1 aliphatic rings. The van der Waals surface area contributed by atoms with Gasteiger partial charge in [-0.3, -0.25) is 9.78 Å². The average Bonchev–Trinajstić information content (AvgIpc) is 3.41. The van der Waals surface area contributed by atoms with Gasteiger partial charge in [0.1, 0.15) is 21.9 Å². The summed E-state index contributed by atoms with van der Waals surface area (Å²) in [6, 6.07) is 2.31. The first-order valence-electron chi connectivity index (χ1n) is 12.0. The third-order valence-corrected chi connectivity index (χ3v) is 6.71. The highest BCUT2D eigenvalue weighted by molar-refractivity contribution is 7.21. The van der Waals surface area contributed by atoms with Crippen LogP contribution in [0.2, 0.25) is 0 Å². The van der Waals surface area contributed by atoms with Crippen molar-refractivity contribution in [2.24, 2.45) is 5.92 Å². The lowest BCUT2D eigenvalue weighted by molar-refractivity contribution is -0.138. The fraction of sp³-hybridized carbons (Fsp3) is 0.560. The lowest BCUT2D eigenvalue weighted by Gasteiger charge is -2.18. The van der Waals surface area contributed by atoms with E-state index in [2.05, 4.69) is 25.3 Å². The Morgan fingerprint density at radius 1 is 1.20 bits per heavy atom. The van der Waals surface area contributed by atoms with Gasteiger partial charge in [0, 0.05) is 25.4 Å². The highest BCUT2D eigenvalue weighted by Crippen LogP contribution is 2.38. The maximum Gasteiger partial charge on any atom is 0.293 e. The van der Waals surface area contributed by atoms with Crippen LogP contribution in [0.25, 0.3) is 20.8 Å². The molecule has 0 bridgehead atoms. The van der Waals surface area contributed by atoms with Crippen molar-refractivity contribution in [2.75, 3.05) is 23.8 Å². The molecule has 3 N–H and O–H groups in total. The molecule has 0 aliphatic heterocycles. The average molecular weight is 501 g/mol. The lowest BCUT2D eigenvalue weighted by atomic mass is 10.1. The summed E-state index contributed by atoms with van der Waals surface area (Å²) in [5.41, 5.74) is 3.40. The van der Waals surface area contributed by atoms with Crippen LogP contribution in [0.4, 0.5) is 11.8 Å². The van der Waals surface area contributed by atoms with E-state index < -0.39 is 0 Å². The molecular formula is C25H36N6O3S. The van der Waals surface area contributed by atoms with Gasteiger partial charge in [0.05, 0.1) is 21.7 Å². The second-order valence-corrected chi connectivity index (χ2v) is 10.7. The van der Waals surface area contributed by atoms with Crippen molar-refractivity contribution in [3.05, 3.63) is 23.7 Å². The van der Waals surface area contributed by atoms with E-state index in [1.54, 1.807) is 11.3 Å². The number of rotatable bonds is 7. The Hall–Kier alpha value is -2.85. The van der Waals surface area contributed by atoms with E-state index in [-0.39, 0.29) is 12.2 Å². The zero-order valence-electron chi connectivity index (χ0n) is 21.4. The van der Waals surface area contributed by atoms with E-state index in [0.717, 1.165) is 63.8 Å². The van der Waals surface area contributed by atoms with Gasteiger partial charge in [0.15, 0.2) is 0 Å². The Labute approximate surface area is 210 Å². The van der Waals surface area contributed by atoms with Gasteiger partial charge in [-0.2, -0.15) is 4.98 Å². The van der Waals surface area contributed by atoms with Gasteiger partial charge in [-0.15, -0.1) is 11.3 Å². The van der Waals surface area contributed by atoms with Crippen molar-refractivity contribution < 1.29 is 14.6 Å². The highest BCUT2D eigenvalue weighted by Gasteiger charge is 2.26. The summed E-state index contributed by atoms with van der Waals surface area (Å²) in [7, 11) is 0. The third kappa shape index (κ3) is 7.08. The van der Waals surface area contributed by atoms with Crippen LogP contribution in [0.5, 0.6) is 0 Å². The van der Waals surface area contributed by atoms with Crippen LogP contribution in [0, 0.1) is 19.8 Å². The van der Waals surface area contributed by atoms with E-state index in [0.29, 0.717) is 24.4 Å². The standard InChI is InChI=1S/C20H26N6OS.C5H10O2/c1-4-21-20-23-11(2)16(18(26-20)24-14-6-5-13(9-14)10-27)19-25-17-12(3)22-8-7-15(17)28-19;1-5(2,3)7-4-6/h7-8,13-14,27H,4-6,9-10H2,1-3H3,(H2,21,23,24,26);4H,1-3H3. The minimum absolute atomic E-state index is 0.251. The smallest absolute Gasteiger partial charge is 0.293 e. The number of ether oxygens (including phenoxy) is 1. The van der Waals surface area contributed by atoms with E-state index >= 15 is 0 Å². The molecule has 3 aromatic heterocycles. The molecule has 2 unspecified atom stereocenters. The zero-order valence-corrected chi connectivity index (χ0v) is 22.2. The Morgan fingerprint density at radius 2 is 1.97 bits per heavy atom. The topological polar surface area (TPSA) is 122 Å². The van der Waals surface area contributed by atoms with E-state index in [1.807, 2.05) is 53.8 Å². The van der Waals surface area contributed by atoms with Crippen molar-refractivity contribution in [2.45, 2.75) is 72.4 Å². The predicted octanol–water partition coefficient (Wildman–Crippen LogP) is 4.73. The summed E-state index contributed by atoms with van der Waals surface area (Å²) >= 11 is 1.64. The summed E-state index contributed by atoms with van der Waals surface area (Å²) in [5, 5.41) is 17.2. The number of carbonyl (C=O) groups is 1. The van der Waals surface area contributed by atoms with Crippen LogP contribution in [-0.2, 0) is 9.53 Å². The highest BCUT2D eigenvalue weighted by atomic mass is 32.1. The summed E-state index contributed by atoms with van der Waals surface area (Å²) in [4.78, 5) is 28.2. The number of aromatic nitrogens is 4. The van der Waals surface area contributed by atoms with Crippen molar-refractivity contribution in [1.29, 1.82) is 0 Å². The van der Waals surface area contributed by atoms with E-state index in [9.17, 15) is 9.90 Å². The van der Waals surface area contributed by atoms with Crippen molar-refractivity contribution in [3.8, 4) is 10.6 Å². The number of carbonyl (C=O) groups excluding carboxylic acids is 1. The molecule has 4 rings (SSSR count). The van der Waals surface area contributed by atoms with Gasteiger partial charge in [-0.1, -0.05) is 0 Å². The first kappa shape index (κ1) is 26.7. The molecule has 1 saturated carbocycles. The molecule has 0 radical (unpaired) electrons. The molecule has 0 aromatic carbocycles. The molecule has 2 atom stereocenters. The Bertz CT molecular complexity index is 1140. The largest absolute Gasteiger partial charge is 0.462 e. The van der Waals surface area contributed by atoms with Gasteiger partial charge in [0.25, 0.3) is 6.47 Å². The predicted molar refractivity (Wildman–Crippen MR) is 141 cm³/mol. The number of anilines is 2. The number of aliphatic hydroxyl groups is 1. The number of thiazole rings is 1. The lowest BCUT2D eigenvalue weighted by Crippen LogP contribution is -2.19. The fourth-order valence-corrected chi connectivity index (χ4v) is 5.08. The quantitative estimate of drug-likeness (QED) is 0.395. The molecule has 190 valence electrons. The second kappa shape index (κ2) is 11.7. The van der Waals surface area contributed by atoms with Gasteiger partial charge in [-0.05, 0) is 72.8 Å². The van der Waals surface area contributed by atoms with Crippen LogP contribution in [-0.4, -0.2) is 56.3 Å². The van der Waals surface area contributed by atoms with Crippen LogP contribution < -0.4 is 10.6 Å². The molecule has 0 spiro atoms. The molecule has 0 saturated heterocycles. The van der Waals surface area contributed by atoms with Crippen LogP contribution in [0.1, 0.15) is 58.3 Å². The van der Waals surface area contributed by atoms with E-state index in [4.69, 9.17) is 9.97 Å². The summed E-state index contributed by atoms with van der Waals surface area (Å²) in [6.07, 6.45) is 4.86. The molecule has 35 heavy (non-hydrogen) atoms. The first-order chi connectivity index (χ1) is 16.6. The van der Waals surface area contributed by atoms with Crippen molar-refractivity contribution in [3.63, 3.8) is 0 Å². The van der Waals surface area contributed by atoms with Crippen LogP contribution >= 0.6 is 11.3 Å². The number of pyridine rings is 1. The monoisotopic (exact) mass is 500 g/mol. The molecule has 9 nitrogen and oxygen atoms in total. The maximum atomic E-state index is 9.60. The summed E-state index contributed by atoms with van der Waals surface area (Å²) in [5.74, 6) is 1.81. The number of nitrogens with zero attached hydrogens (tertiary/aromatic N) is 4. The summed E-state index contributed by atoms with van der Waals surface area (Å²) < 4.78 is 5.66. The molecule has 0 amide bonds. The number of nitrogens with one attached hydrogen (secondary N) is 2. The van der Waals surface area contributed by atoms with E-state index in [1.165, 1.54) is 0 Å². The Morgan fingerprint density at radius 3 is 2.54 bits per heavy atom. The van der Waals surface area contributed by atoms with Gasteiger partial charge < -0.3 is 20.5 Å². The first-order valence-corrected chi connectivity index (χ1v) is 12.8. The fourth-order valence-electron chi connectivity index (χ4n) is 3.97. The minimum Gasteiger partial charge on any atom is -0.462 e. The maximum absolute atomic E-state index is 9.60. The third-order valence-electron chi connectivity index (χ3n) is 5.67. The Kier molecular flexibility index (Phi) is 8.96. The number of fused-ring (bicyclic) bond motifs is 1. The normalized spacial score (nSPS) is 17.6. The van der Waals surface area contributed by atoms with Gasteiger partial charge in [-0.25, -0.2) is 9.97 Å². The Balaban J connectivity index is 0.000000429. The van der Waals surface area contributed by atoms with Crippen molar-refractivity contribution >= 4 is 39.8 Å². The molecule has 1 aliphatic carbocycles.